The van der Waals surface area contributed by atoms with Crippen LogP contribution in [-0.4, -0.2) is 45.6 Å². The molecule has 1 fully saturated rings. The molecule has 0 spiro atoms. The van der Waals surface area contributed by atoms with Gasteiger partial charge in [-0.25, -0.2) is 17.9 Å². The number of nitrogens with zero attached hydrogens (tertiary/aromatic N) is 6. The number of ether oxygens (including phenoxy) is 4. The second-order valence-electron chi connectivity index (χ2n) is 12.0. The molecule has 0 saturated carbocycles. The zero-order valence-electron chi connectivity index (χ0n) is 27.5. The first kappa shape index (κ1) is 35.5. The van der Waals surface area contributed by atoms with Crippen LogP contribution < -0.4 is 0 Å². The summed E-state index contributed by atoms with van der Waals surface area (Å²) in [4.78, 5) is 3.17. The maximum Gasteiger partial charge on any atom is 0.194 e. The zero-order chi connectivity index (χ0) is 35.6. The topological polar surface area (TPSA) is 116 Å². The van der Waals surface area contributed by atoms with Crippen molar-refractivity contribution in [2.75, 3.05) is 6.61 Å². The Labute approximate surface area is 292 Å². The molecular weight excluding hydrogens is 661 g/mol. The van der Waals surface area contributed by atoms with E-state index in [9.17, 15) is 18.7 Å². The Balaban J connectivity index is 1.45. The summed E-state index contributed by atoms with van der Waals surface area (Å²) < 4.78 is 70.1. The number of hydrogen-bond donors (Lipinski definition) is 0. The Morgan fingerprint density at radius 3 is 2.00 bits per heavy atom. The van der Waals surface area contributed by atoms with Crippen LogP contribution in [0.3, 0.4) is 0 Å². The molecule has 1 aliphatic rings. The van der Waals surface area contributed by atoms with Crippen molar-refractivity contribution in [2.24, 2.45) is 5.11 Å². The van der Waals surface area contributed by atoms with E-state index in [1.807, 2.05) is 91.0 Å². The number of benzene rings is 4. The van der Waals surface area contributed by atoms with Gasteiger partial charge in [0.1, 0.15) is 30.0 Å². The molecule has 1 aliphatic heterocycles. The standard InChI is InChI=1S/C38H35F3N6O4/c1-2-18-38(44-45-42)37(50-24-28-16-10-5-11-17-28)35(47-21-32(43-46-47)29-19-30(39)34(41)31(40)20-29)36(49-23-27-14-8-4-9-15-27)33(51-38)25-48-22-26-12-6-3-7-13-26/h2-17,19-21,33,35-37H,1,18,22-25H2/t33-,35+,36+,37-,38+/m1/s1. The van der Waals surface area contributed by atoms with Gasteiger partial charge in [0, 0.05) is 16.9 Å². The molecule has 262 valence electrons. The highest BCUT2D eigenvalue weighted by Gasteiger charge is 2.57. The highest BCUT2D eigenvalue weighted by molar-refractivity contribution is 5.58. The van der Waals surface area contributed by atoms with E-state index in [2.05, 4.69) is 26.9 Å². The maximum atomic E-state index is 14.3. The van der Waals surface area contributed by atoms with Crippen LogP contribution in [0.15, 0.2) is 127 Å². The molecule has 4 aromatic carbocycles. The molecule has 13 heteroatoms. The maximum absolute atomic E-state index is 14.3. The first-order valence-electron chi connectivity index (χ1n) is 16.2. The predicted molar refractivity (Wildman–Crippen MR) is 182 cm³/mol. The summed E-state index contributed by atoms with van der Waals surface area (Å²) in [7, 11) is 0. The Hall–Kier alpha value is -5.30. The third-order valence-corrected chi connectivity index (χ3v) is 8.51. The molecule has 10 nitrogen and oxygen atoms in total. The van der Waals surface area contributed by atoms with Crippen LogP contribution >= 0.6 is 0 Å². The number of hydrogen-bond acceptors (Lipinski definition) is 7. The number of aromatic nitrogens is 3. The zero-order valence-corrected chi connectivity index (χ0v) is 27.5. The lowest BCUT2D eigenvalue weighted by Crippen LogP contribution is -2.63. The van der Waals surface area contributed by atoms with Crippen molar-refractivity contribution < 1.29 is 32.1 Å². The minimum absolute atomic E-state index is 0.00599. The van der Waals surface area contributed by atoms with E-state index in [1.165, 1.54) is 10.9 Å². The van der Waals surface area contributed by atoms with Gasteiger partial charge < -0.3 is 18.9 Å². The Morgan fingerprint density at radius 1 is 0.863 bits per heavy atom. The van der Waals surface area contributed by atoms with Gasteiger partial charge in [-0.3, -0.25) is 0 Å². The lowest BCUT2D eigenvalue weighted by molar-refractivity contribution is -0.279. The van der Waals surface area contributed by atoms with E-state index >= 15 is 0 Å². The van der Waals surface area contributed by atoms with Gasteiger partial charge in [-0.05, 0) is 34.4 Å². The van der Waals surface area contributed by atoms with Crippen molar-refractivity contribution in [1.29, 1.82) is 0 Å². The molecule has 0 N–H and O–H groups in total. The third kappa shape index (κ3) is 8.37. The molecule has 0 amide bonds. The van der Waals surface area contributed by atoms with Crippen LogP contribution in [0.1, 0.15) is 29.2 Å². The molecular formula is C38H35F3N6O4. The molecule has 0 radical (unpaired) electrons. The number of azide groups is 1. The van der Waals surface area contributed by atoms with Crippen LogP contribution in [0.25, 0.3) is 21.7 Å². The molecule has 6 rings (SSSR count). The SMILES string of the molecule is C=CC[C@]1(N=[N+]=[N-])O[C@H](COCc2ccccc2)[C@H](OCc2ccccc2)[C@H](n2cc(-c3cc(F)c(F)c(F)c3)nn2)[C@H]1OCc1ccccc1. The predicted octanol–water partition coefficient (Wildman–Crippen LogP) is 8.27. The molecule has 5 atom stereocenters. The Kier molecular flexibility index (Phi) is 11.6. The molecule has 0 unspecified atom stereocenters. The van der Waals surface area contributed by atoms with E-state index in [4.69, 9.17) is 18.9 Å². The van der Waals surface area contributed by atoms with Crippen LogP contribution in [0.5, 0.6) is 0 Å². The molecule has 2 heterocycles. The first-order chi connectivity index (χ1) is 24.9. The van der Waals surface area contributed by atoms with Crippen molar-refractivity contribution >= 4 is 0 Å². The fourth-order valence-corrected chi connectivity index (χ4v) is 6.13. The summed E-state index contributed by atoms with van der Waals surface area (Å²) in [5.74, 6) is -4.34. The van der Waals surface area contributed by atoms with Crippen molar-refractivity contribution in [1.82, 2.24) is 15.0 Å². The average molecular weight is 697 g/mol. The van der Waals surface area contributed by atoms with Gasteiger partial charge in [0.05, 0.1) is 32.6 Å². The van der Waals surface area contributed by atoms with E-state index < -0.39 is 47.5 Å². The molecule has 51 heavy (non-hydrogen) atoms. The van der Waals surface area contributed by atoms with E-state index in [0.717, 1.165) is 28.8 Å². The van der Waals surface area contributed by atoms with E-state index in [-0.39, 0.29) is 44.1 Å². The fraction of sp³-hybridized carbons (Fsp3) is 0.263. The summed E-state index contributed by atoms with van der Waals surface area (Å²) >= 11 is 0. The first-order valence-corrected chi connectivity index (χ1v) is 16.2. The minimum atomic E-state index is -1.68. The van der Waals surface area contributed by atoms with Gasteiger partial charge in [0.15, 0.2) is 23.2 Å². The van der Waals surface area contributed by atoms with Gasteiger partial charge in [-0.2, -0.15) is 0 Å². The minimum Gasteiger partial charge on any atom is -0.374 e. The largest absolute Gasteiger partial charge is 0.374 e. The summed E-state index contributed by atoms with van der Waals surface area (Å²) in [6.45, 7) is 4.41. The van der Waals surface area contributed by atoms with Gasteiger partial charge in [-0.1, -0.05) is 107 Å². The van der Waals surface area contributed by atoms with Gasteiger partial charge >= 0.3 is 0 Å². The second kappa shape index (κ2) is 16.6. The highest BCUT2D eigenvalue weighted by Crippen LogP contribution is 2.44. The van der Waals surface area contributed by atoms with E-state index in [0.29, 0.717) is 0 Å². The second-order valence-corrected chi connectivity index (χ2v) is 12.0. The molecule has 1 saturated heterocycles. The molecule has 1 aromatic heterocycles. The van der Waals surface area contributed by atoms with E-state index in [1.54, 1.807) is 6.08 Å². The highest BCUT2D eigenvalue weighted by atomic mass is 19.2. The van der Waals surface area contributed by atoms with Gasteiger partial charge in [0.25, 0.3) is 0 Å². The number of rotatable bonds is 15. The summed E-state index contributed by atoms with van der Waals surface area (Å²) in [6, 6.07) is 29.2. The van der Waals surface area contributed by atoms with Crippen molar-refractivity contribution in [2.45, 2.75) is 56.3 Å². The number of halogens is 3. The summed E-state index contributed by atoms with van der Waals surface area (Å²) in [6.07, 6.45) is 0.241. The lowest BCUT2D eigenvalue weighted by Gasteiger charge is -2.50. The van der Waals surface area contributed by atoms with Crippen LogP contribution in [-0.2, 0) is 38.8 Å². The Bertz CT molecular complexity index is 1920. The average Bonchev–Trinajstić information content (AvgIpc) is 3.64. The molecule has 0 aliphatic carbocycles. The van der Waals surface area contributed by atoms with Gasteiger partial charge in [-0.15, -0.1) is 11.7 Å². The quantitative estimate of drug-likeness (QED) is 0.0358. The smallest absolute Gasteiger partial charge is 0.194 e. The molecule has 0 bridgehead atoms. The normalized spacial score (nSPS) is 21.5. The molecule has 5 aromatic rings. The Morgan fingerprint density at radius 2 is 1.43 bits per heavy atom. The lowest BCUT2D eigenvalue weighted by atomic mass is 9.86. The van der Waals surface area contributed by atoms with Crippen LogP contribution in [0.4, 0.5) is 13.2 Å². The summed E-state index contributed by atoms with van der Waals surface area (Å²) in [5, 5.41) is 12.8. The van der Waals surface area contributed by atoms with Crippen molar-refractivity contribution in [3.05, 3.63) is 167 Å². The van der Waals surface area contributed by atoms with Crippen molar-refractivity contribution in [3.8, 4) is 11.3 Å². The van der Waals surface area contributed by atoms with Gasteiger partial charge in [0.2, 0.25) is 0 Å². The van der Waals surface area contributed by atoms with Crippen LogP contribution in [0.2, 0.25) is 0 Å². The fourth-order valence-electron chi connectivity index (χ4n) is 6.13. The van der Waals surface area contributed by atoms with Crippen molar-refractivity contribution in [3.63, 3.8) is 0 Å². The monoisotopic (exact) mass is 696 g/mol. The third-order valence-electron chi connectivity index (χ3n) is 8.51. The summed E-state index contributed by atoms with van der Waals surface area (Å²) in [5.41, 5.74) is 10.9. The van der Waals surface area contributed by atoms with Crippen LogP contribution in [0, 0.1) is 17.5 Å².